The molecule has 0 spiro atoms. The number of hydrogen-bond donors (Lipinski definition) is 0. The predicted octanol–water partition coefficient (Wildman–Crippen LogP) is 5.06. The molecule has 10 heteroatoms. The van der Waals surface area contributed by atoms with Crippen LogP contribution in [0.1, 0.15) is 36.6 Å². The first-order chi connectivity index (χ1) is 15.3. The highest BCUT2D eigenvalue weighted by Crippen LogP contribution is 2.30. The second-order valence-corrected chi connectivity index (χ2v) is 7.62. The van der Waals surface area contributed by atoms with E-state index in [4.69, 9.17) is 27.9 Å². The Morgan fingerprint density at radius 3 is 2.25 bits per heavy atom. The third-order valence-electron chi connectivity index (χ3n) is 4.79. The summed E-state index contributed by atoms with van der Waals surface area (Å²) in [5.41, 5.74) is 0.898. The fourth-order valence-electron chi connectivity index (χ4n) is 3.19. The van der Waals surface area contributed by atoms with Crippen molar-refractivity contribution in [1.29, 1.82) is 0 Å². The Morgan fingerprint density at radius 2 is 1.59 bits per heavy atom. The molecule has 0 N–H and O–H groups in total. The molecule has 0 saturated carbocycles. The third-order valence-corrected chi connectivity index (χ3v) is 5.53. The lowest BCUT2D eigenvalue weighted by Crippen LogP contribution is -2.29. The van der Waals surface area contributed by atoms with Gasteiger partial charge in [-0.25, -0.2) is 9.69 Å². The number of nitro benzene ring substituents is 1. The zero-order chi connectivity index (χ0) is 23.0. The van der Waals surface area contributed by atoms with E-state index < -0.39 is 22.7 Å². The molecule has 0 fully saturated rings. The highest BCUT2D eigenvalue weighted by Gasteiger charge is 2.37. The van der Waals surface area contributed by atoms with Crippen molar-refractivity contribution in [1.82, 2.24) is 0 Å². The third kappa shape index (κ3) is 3.93. The van der Waals surface area contributed by atoms with E-state index in [0.717, 1.165) is 4.90 Å². The molecule has 0 aliphatic carbocycles. The second kappa shape index (κ2) is 8.41. The summed E-state index contributed by atoms with van der Waals surface area (Å²) in [5, 5.41) is 11.5. The van der Waals surface area contributed by atoms with E-state index in [-0.39, 0.29) is 34.7 Å². The van der Waals surface area contributed by atoms with E-state index in [1.54, 1.807) is 18.2 Å². The molecule has 1 aliphatic heterocycles. The molecule has 8 nitrogen and oxygen atoms in total. The summed E-state index contributed by atoms with van der Waals surface area (Å²) < 4.78 is 5.26. The number of imide groups is 1. The summed E-state index contributed by atoms with van der Waals surface area (Å²) in [5.74, 6) is -1.92. The standard InChI is InChI=1S/C22H12Cl2N2O6/c23-18-8-1-12(9-19(18)24)11-32-22(29)13-2-7-16-17(10-13)21(28)25(20(16)27)14-3-5-15(6-4-14)26(30)31/h1-10H,11H2. The zero-order valence-electron chi connectivity index (χ0n) is 16.1. The first-order valence-corrected chi connectivity index (χ1v) is 9.90. The first-order valence-electron chi connectivity index (χ1n) is 9.14. The minimum Gasteiger partial charge on any atom is -0.457 e. The summed E-state index contributed by atoms with van der Waals surface area (Å²) >= 11 is 11.8. The van der Waals surface area contributed by atoms with Crippen LogP contribution in [0.25, 0.3) is 0 Å². The van der Waals surface area contributed by atoms with Gasteiger partial charge in [-0.05, 0) is 48.0 Å². The summed E-state index contributed by atoms with van der Waals surface area (Å²) in [6, 6.07) is 13.9. The van der Waals surface area contributed by atoms with E-state index in [9.17, 15) is 24.5 Å². The summed E-state index contributed by atoms with van der Waals surface area (Å²) in [6.07, 6.45) is 0. The maximum Gasteiger partial charge on any atom is 0.338 e. The number of carbonyl (C=O) groups excluding carboxylic acids is 3. The number of anilines is 1. The largest absolute Gasteiger partial charge is 0.457 e. The van der Waals surface area contributed by atoms with Crippen molar-refractivity contribution in [3.8, 4) is 0 Å². The van der Waals surface area contributed by atoms with Crippen LogP contribution in [-0.2, 0) is 11.3 Å². The number of amides is 2. The molecule has 0 radical (unpaired) electrons. The number of carbonyl (C=O) groups is 3. The van der Waals surface area contributed by atoms with E-state index >= 15 is 0 Å². The summed E-state index contributed by atoms with van der Waals surface area (Å²) in [7, 11) is 0. The molecule has 1 aliphatic rings. The van der Waals surface area contributed by atoms with Crippen molar-refractivity contribution in [2.45, 2.75) is 6.61 Å². The lowest BCUT2D eigenvalue weighted by atomic mass is 10.1. The van der Waals surface area contributed by atoms with Gasteiger partial charge < -0.3 is 4.74 Å². The number of nitro groups is 1. The molecule has 1 heterocycles. The highest BCUT2D eigenvalue weighted by molar-refractivity contribution is 6.42. The maximum atomic E-state index is 12.8. The number of esters is 1. The molecule has 2 amide bonds. The van der Waals surface area contributed by atoms with Crippen LogP contribution in [0.15, 0.2) is 60.7 Å². The molecule has 0 atom stereocenters. The van der Waals surface area contributed by atoms with Crippen LogP contribution in [0.5, 0.6) is 0 Å². The lowest BCUT2D eigenvalue weighted by Gasteiger charge is -2.13. The van der Waals surface area contributed by atoms with Crippen LogP contribution >= 0.6 is 23.2 Å². The number of halogens is 2. The monoisotopic (exact) mass is 470 g/mol. The molecule has 0 bridgehead atoms. The Kier molecular flexibility index (Phi) is 5.65. The van der Waals surface area contributed by atoms with Crippen LogP contribution in [0.2, 0.25) is 10.0 Å². The van der Waals surface area contributed by atoms with Gasteiger partial charge >= 0.3 is 5.97 Å². The zero-order valence-corrected chi connectivity index (χ0v) is 17.6. The van der Waals surface area contributed by atoms with Crippen molar-refractivity contribution < 1.29 is 24.0 Å². The van der Waals surface area contributed by atoms with Crippen molar-refractivity contribution in [3.63, 3.8) is 0 Å². The fourth-order valence-corrected chi connectivity index (χ4v) is 3.51. The van der Waals surface area contributed by atoms with Crippen LogP contribution in [0.3, 0.4) is 0 Å². The normalized spacial score (nSPS) is 12.6. The van der Waals surface area contributed by atoms with Crippen LogP contribution in [-0.4, -0.2) is 22.7 Å². The van der Waals surface area contributed by atoms with Gasteiger partial charge in [-0.3, -0.25) is 19.7 Å². The van der Waals surface area contributed by atoms with Crippen molar-refractivity contribution in [2.24, 2.45) is 0 Å². The Hall–Kier alpha value is -3.75. The maximum absolute atomic E-state index is 12.8. The molecular formula is C22H12Cl2N2O6. The first kappa shape index (κ1) is 21.5. The molecule has 0 saturated heterocycles. The molecular weight excluding hydrogens is 459 g/mol. The van der Waals surface area contributed by atoms with Gasteiger partial charge in [0.2, 0.25) is 0 Å². The van der Waals surface area contributed by atoms with E-state index in [1.165, 1.54) is 42.5 Å². The Balaban J connectivity index is 1.53. The molecule has 160 valence electrons. The number of nitrogens with zero attached hydrogens (tertiary/aromatic N) is 2. The Bertz CT molecular complexity index is 1290. The van der Waals surface area contributed by atoms with Crippen LogP contribution in [0, 0.1) is 10.1 Å². The molecule has 32 heavy (non-hydrogen) atoms. The van der Waals surface area contributed by atoms with E-state index in [1.807, 2.05) is 0 Å². The quantitative estimate of drug-likeness (QED) is 0.223. The summed E-state index contributed by atoms with van der Waals surface area (Å²) in [6.45, 7) is -0.0609. The van der Waals surface area contributed by atoms with Gasteiger partial charge in [0.25, 0.3) is 17.5 Å². The smallest absolute Gasteiger partial charge is 0.338 e. The Labute approximate surface area is 191 Å². The number of rotatable bonds is 5. The van der Waals surface area contributed by atoms with Gasteiger partial charge in [-0.1, -0.05) is 29.3 Å². The average molecular weight is 471 g/mol. The van der Waals surface area contributed by atoms with Crippen molar-refractivity contribution in [3.05, 3.63) is 103 Å². The molecule has 4 rings (SSSR count). The average Bonchev–Trinajstić information content (AvgIpc) is 3.04. The van der Waals surface area contributed by atoms with Crippen LogP contribution in [0.4, 0.5) is 11.4 Å². The molecule has 0 aromatic heterocycles. The minimum absolute atomic E-state index is 0.0392. The van der Waals surface area contributed by atoms with Gasteiger partial charge in [-0.2, -0.15) is 0 Å². The van der Waals surface area contributed by atoms with Crippen molar-refractivity contribution in [2.75, 3.05) is 4.90 Å². The number of benzene rings is 3. The van der Waals surface area contributed by atoms with Gasteiger partial charge in [0.05, 0.1) is 37.3 Å². The minimum atomic E-state index is -0.687. The SMILES string of the molecule is O=C(OCc1ccc(Cl)c(Cl)c1)c1ccc2c(c1)C(=O)N(c1ccc([N+](=O)[O-])cc1)C2=O. The van der Waals surface area contributed by atoms with Gasteiger partial charge in [-0.15, -0.1) is 0 Å². The van der Waals surface area contributed by atoms with Gasteiger partial charge in [0, 0.05) is 12.1 Å². The lowest BCUT2D eigenvalue weighted by molar-refractivity contribution is -0.384. The number of fused-ring (bicyclic) bond motifs is 1. The predicted molar refractivity (Wildman–Crippen MR) is 116 cm³/mol. The number of non-ortho nitro benzene ring substituents is 1. The van der Waals surface area contributed by atoms with E-state index in [2.05, 4.69) is 0 Å². The van der Waals surface area contributed by atoms with Gasteiger partial charge in [0.15, 0.2) is 0 Å². The Morgan fingerprint density at radius 1 is 0.906 bits per heavy atom. The highest BCUT2D eigenvalue weighted by atomic mass is 35.5. The second-order valence-electron chi connectivity index (χ2n) is 6.80. The van der Waals surface area contributed by atoms with Crippen molar-refractivity contribution >= 4 is 52.4 Å². The fraction of sp³-hybridized carbons (Fsp3) is 0.0455. The van der Waals surface area contributed by atoms with Gasteiger partial charge in [0.1, 0.15) is 6.61 Å². The molecule has 0 unspecified atom stereocenters. The summed E-state index contributed by atoms with van der Waals surface area (Å²) in [4.78, 5) is 49.1. The number of ether oxygens (including phenoxy) is 1. The van der Waals surface area contributed by atoms with Crippen LogP contribution < -0.4 is 4.90 Å². The number of hydrogen-bond acceptors (Lipinski definition) is 6. The molecule has 3 aromatic rings. The topological polar surface area (TPSA) is 107 Å². The molecule has 3 aromatic carbocycles. The van der Waals surface area contributed by atoms with E-state index in [0.29, 0.717) is 15.6 Å².